The average Bonchev–Trinajstić information content (AvgIpc) is 2.65. The van der Waals surface area contributed by atoms with Gasteiger partial charge in [0, 0.05) is 29.9 Å². The summed E-state index contributed by atoms with van der Waals surface area (Å²) in [6.45, 7) is 5.55. The van der Waals surface area contributed by atoms with Gasteiger partial charge in [-0.2, -0.15) is 0 Å². The summed E-state index contributed by atoms with van der Waals surface area (Å²) in [5.74, 6) is 1.11. The number of aromatic nitrogens is 1. The highest BCUT2D eigenvalue weighted by molar-refractivity contribution is 8.01. The van der Waals surface area contributed by atoms with Crippen LogP contribution in [0.25, 0.3) is 0 Å². The van der Waals surface area contributed by atoms with Crippen LogP contribution in [0.2, 0.25) is 0 Å². The molecule has 1 N–H and O–H groups in total. The van der Waals surface area contributed by atoms with E-state index in [1.165, 1.54) is 17.2 Å². The van der Waals surface area contributed by atoms with Gasteiger partial charge in [0.2, 0.25) is 0 Å². The smallest absolute Gasteiger partial charge is 0.149 e. The zero-order valence-electron chi connectivity index (χ0n) is 8.82. The highest BCUT2D eigenvalue weighted by atomic mass is 32.2. The summed E-state index contributed by atoms with van der Waals surface area (Å²) in [6, 6.07) is 0.650. The van der Waals surface area contributed by atoms with Crippen LogP contribution in [0.3, 0.4) is 0 Å². The number of thioether (sulfide) groups is 1. The Balaban J connectivity index is 1.99. The van der Waals surface area contributed by atoms with Crippen LogP contribution in [0.1, 0.15) is 26.7 Å². The maximum Gasteiger partial charge on any atom is 0.149 e. The Morgan fingerprint density at radius 1 is 1.64 bits per heavy atom. The monoisotopic (exact) mass is 230 g/mol. The summed E-state index contributed by atoms with van der Waals surface area (Å²) in [5.41, 5.74) is 0. The second-order valence-corrected chi connectivity index (χ2v) is 5.53. The van der Waals surface area contributed by atoms with Crippen LogP contribution in [-0.4, -0.2) is 23.3 Å². The minimum atomic E-state index is 0.650. The van der Waals surface area contributed by atoms with Crippen molar-refractivity contribution < 1.29 is 0 Å². The van der Waals surface area contributed by atoms with Crippen LogP contribution in [0, 0.1) is 0 Å². The molecule has 0 amide bonds. The van der Waals surface area contributed by atoms with Gasteiger partial charge >= 0.3 is 0 Å². The molecule has 0 aliphatic carbocycles. The lowest BCUT2D eigenvalue weighted by atomic mass is 10.2. The second kappa shape index (κ2) is 7.26. The number of nitrogens with zero attached hydrogens (tertiary/aromatic N) is 1. The predicted octanol–water partition coefficient (Wildman–Crippen LogP) is 3.01. The molecule has 0 aliphatic rings. The molecule has 0 aromatic carbocycles. The van der Waals surface area contributed by atoms with Crippen LogP contribution in [0.15, 0.2) is 15.9 Å². The number of hydrogen-bond acceptors (Lipinski definition) is 4. The summed E-state index contributed by atoms with van der Waals surface area (Å²) in [4.78, 5) is 4.22. The molecule has 14 heavy (non-hydrogen) atoms. The molecule has 1 aromatic heterocycles. The summed E-state index contributed by atoms with van der Waals surface area (Å²) in [6.07, 6.45) is 4.38. The van der Waals surface area contributed by atoms with Gasteiger partial charge in [0.05, 0.1) is 0 Å². The van der Waals surface area contributed by atoms with E-state index in [0.29, 0.717) is 6.04 Å². The predicted molar refractivity (Wildman–Crippen MR) is 65.2 cm³/mol. The molecule has 0 aliphatic heterocycles. The zero-order chi connectivity index (χ0) is 10.2. The second-order valence-electron chi connectivity index (χ2n) is 3.29. The third kappa shape index (κ3) is 4.98. The lowest BCUT2D eigenvalue weighted by molar-refractivity contribution is 0.526. The Kier molecular flexibility index (Phi) is 6.23. The molecule has 2 nitrogen and oxygen atoms in total. The lowest BCUT2D eigenvalue weighted by Crippen LogP contribution is -2.27. The third-order valence-corrected chi connectivity index (χ3v) is 3.92. The maximum absolute atomic E-state index is 4.22. The van der Waals surface area contributed by atoms with Crippen molar-refractivity contribution >= 4 is 23.1 Å². The summed E-state index contributed by atoms with van der Waals surface area (Å²) < 4.78 is 1.18. The first-order valence-electron chi connectivity index (χ1n) is 5.08. The van der Waals surface area contributed by atoms with Crippen molar-refractivity contribution in [2.45, 2.75) is 37.1 Å². The number of nitrogens with one attached hydrogen (secondary N) is 1. The highest BCUT2D eigenvalue weighted by Crippen LogP contribution is 2.19. The van der Waals surface area contributed by atoms with Crippen LogP contribution in [0.4, 0.5) is 0 Å². The van der Waals surface area contributed by atoms with E-state index in [-0.39, 0.29) is 0 Å². The number of thiazole rings is 1. The summed E-state index contributed by atoms with van der Waals surface area (Å²) in [7, 11) is 0. The van der Waals surface area contributed by atoms with Gasteiger partial charge in [-0.15, -0.1) is 11.3 Å². The van der Waals surface area contributed by atoms with Crippen molar-refractivity contribution in [3.63, 3.8) is 0 Å². The van der Waals surface area contributed by atoms with E-state index in [2.05, 4.69) is 24.1 Å². The van der Waals surface area contributed by atoms with Gasteiger partial charge in [-0.05, 0) is 13.3 Å². The van der Waals surface area contributed by atoms with E-state index in [4.69, 9.17) is 0 Å². The van der Waals surface area contributed by atoms with Crippen molar-refractivity contribution in [3.8, 4) is 0 Å². The van der Waals surface area contributed by atoms with Gasteiger partial charge in [0.25, 0.3) is 0 Å². The van der Waals surface area contributed by atoms with Crippen LogP contribution >= 0.6 is 23.1 Å². The fourth-order valence-corrected chi connectivity index (χ4v) is 2.84. The standard InChI is InChI=1S/C10H18N2S2/c1-3-4-9(2)11-5-7-13-10-12-6-8-14-10/h6,8-9,11H,3-5,7H2,1-2H3. The van der Waals surface area contributed by atoms with Gasteiger partial charge in [-0.3, -0.25) is 0 Å². The first-order chi connectivity index (χ1) is 6.83. The fraction of sp³-hybridized carbons (Fsp3) is 0.700. The molecule has 80 valence electrons. The molecule has 1 aromatic rings. The van der Waals surface area contributed by atoms with Crippen LogP contribution < -0.4 is 5.32 Å². The van der Waals surface area contributed by atoms with Crippen molar-refractivity contribution in [2.24, 2.45) is 0 Å². The van der Waals surface area contributed by atoms with Crippen molar-refractivity contribution in [3.05, 3.63) is 11.6 Å². The molecule has 0 fully saturated rings. The molecule has 0 spiro atoms. The molecule has 0 radical (unpaired) electrons. The molecular weight excluding hydrogens is 212 g/mol. The normalized spacial score (nSPS) is 13.0. The lowest BCUT2D eigenvalue weighted by Gasteiger charge is -2.11. The first kappa shape index (κ1) is 12.0. The van der Waals surface area contributed by atoms with Crippen molar-refractivity contribution in [1.29, 1.82) is 0 Å². The fourth-order valence-electron chi connectivity index (χ4n) is 1.26. The van der Waals surface area contributed by atoms with Crippen LogP contribution in [-0.2, 0) is 0 Å². The molecule has 0 bridgehead atoms. The van der Waals surface area contributed by atoms with Gasteiger partial charge in [-0.25, -0.2) is 4.98 Å². The van der Waals surface area contributed by atoms with E-state index in [1.807, 2.05) is 23.3 Å². The summed E-state index contributed by atoms with van der Waals surface area (Å²) >= 11 is 3.55. The van der Waals surface area contributed by atoms with Gasteiger partial charge in [-0.1, -0.05) is 25.1 Å². The topological polar surface area (TPSA) is 24.9 Å². The molecule has 0 saturated carbocycles. The molecule has 1 heterocycles. The Morgan fingerprint density at radius 3 is 3.14 bits per heavy atom. The van der Waals surface area contributed by atoms with Gasteiger partial charge in [0.15, 0.2) is 0 Å². The third-order valence-electron chi connectivity index (χ3n) is 1.95. The Morgan fingerprint density at radius 2 is 2.50 bits per heavy atom. The van der Waals surface area contributed by atoms with Crippen LogP contribution in [0.5, 0.6) is 0 Å². The molecule has 1 atom stereocenters. The van der Waals surface area contributed by atoms with Crippen molar-refractivity contribution in [2.75, 3.05) is 12.3 Å². The van der Waals surface area contributed by atoms with Crippen molar-refractivity contribution in [1.82, 2.24) is 10.3 Å². The minimum absolute atomic E-state index is 0.650. The van der Waals surface area contributed by atoms with E-state index < -0.39 is 0 Å². The summed E-state index contributed by atoms with van der Waals surface area (Å²) in [5, 5.41) is 5.53. The average molecular weight is 230 g/mol. The first-order valence-corrected chi connectivity index (χ1v) is 6.95. The Bertz CT molecular complexity index is 224. The highest BCUT2D eigenvalue weighted by Gasteiger charge is 1.99. The number of hydrogen-bond donors (Lipinski definition) is 1. The quantitative estimate of drug-likeness (QED) is 0.576. The zero-order valence-corrected chi connectivity index (χ0v) is 10.5. The van der Waals surface area contributed by atoms with E-state index in [9.17, 15) is 0 Å². The molecule has 0 saturated heterocycles. The Labute approximate surface area is 94.5 Å². The molecule has 4 heteroatoms. The number of rotatable bonds is 7. The SMILES string of the molecule is CCCC(C)NCCSc1nccs1. The molecular formula is C10H18N2S2. The van der Waals surface area contributed by atoms with E-state index in [1.54, 1.807) is 11.3 Å². The molecule has 1 rings (SSSR count). The van der Waals surface area contributed by atoms with E-state index >= 15 is 0 Å². The Hall–Kier alpha value is -0.0600. The molecule has 1 unspecified atom stereocenters. The van der Waals surface area contributed by atoms with Gasteiger partial charge in [0.1, 0.15) is 4.34 Å². The minimum Gasteiger partial charge on any atom is -0.313 e. The maximum atomic E-state index is 4.22. The van der Waals surface area contributed by atoms with E-state index in [0.717, 1.165) is 12.3 Å². The van der Waals surface area contributed by atoms with Gasteiger partial charge < -0.3 is 5.32 Å². The largest absolute Gasteiger partial charge is 0.313 e.